The quantitative estimate of drug-likeness (QED) is 0.201. The summed E-state index contributed by atoms with van der Waals surface area (Å²) >= 11 is 1.66. The van der Waals surface area contributed by atoms with Crippen LogP contribution in [0.15, 0.2) is 113 Å². The van der Waals surface area contributed by atoms with Gasteiger partial charge in [-0.05, 0) is 47.5 Å². The number of sulfonamides is 1. The van der Waals surface area contributed by atoms with Gasteiger partial charge in [-0.2, -0.15) is 0 Å². The Morgan fingerprint density at radius 3 is 2.34 bits per heavy atom. The Balaban J connectivity index is 1.41. The van der Waals surface area contributed by atoms with Crippen LogP contribution in [0.5, 0.6) is 5.75 Å². The first-order valence-corrected chi connectivity index (χ1v) is 15.8. The molecule has 0 amide bonds. The lowest BCUT2D eigenvalue weighted by atomic mass is 9.91. The number of para-hydroxylation sites is 1. The number of ether oxygens (including phenoxy) is 3. The summed E-state index contributed by atoms with van der Waals surface area (Å²) in [6, 6.07) is 31.0. The molecular weight excluding hydrogens is 558 g/mol. The minimum Gasteiger partial charge on any atom is -0.496 e. The molecule has 1 fully saturated rings. The van der Waals surface area contributed by atoms with Gasteiger partial charge >= 0.3 is 0 Å². The zero-order valence-electron chi connectivity index (χ0n) is 22.8. The lowest BCUT2D eigenvalue weighted by molar-refractivity contribution is -0.268. The molecule has 9 heteroatoms. The number of nitrogens with one attached hydrogen (secondary N) is 1. The molecule has 7 nitrogen and oxygen atoms in total. The van der Waals surface area contributed by atoms with E-state index in [9.17, 15) is 13.5 Å². The molecule has 41 heavy (non-hydrogen) atoms. The van der Waals surface area contributed by atoms with Crippen LogP contribution in [0.3, 0.4) is 0 Å². The highest BCUT2D eigenvalue weighted by Gasteiger charge is 2.38. The third kappa shape index (κ3) is 6.94. The van der Waals surface area contributed by atoms with Gasteiger partial charge in [0, 0.05) is 27.8 Å². The van der Waals surface area contributed by atoms with Gasteiger partial charge in [-0.3, -0.25) is 4.72 Å². The second-order valence-electron chi connectivity index (χ2n) is 9.83. The van der Waals surface area contributed by atoms with Gasteiger partial charge in [0.25, 0.3) is 10.0 Å². The standard InChI is InChI=1S/C32H33NO6S2/c1-22-29(21-40-30-14-7-6-13-28(30)37-2)38-32(39-31(22)24-17-15-23(20-34)16-18-24)25-9-8-10-26(19-25)33-41(35,36)27-11-4-3-5-12-27/h3-19,22,29,31-34H,20-21H2,1-2H3/t22-,29+,31+,32+/m0/s1. The summed E-state index contributed by atoms with van der Waals surface area (Å²) in [6.07, 6.45) is -1.19. The predicted molar refractivity (Wildman–Crippen MR) is 160 cm³/mol. The fourth-order valence-electron chi connectivity index (χ4n) is 4.78. The highest BCUT2D eigenvalue weighted by Crippen LogP contribution is 2.44. The van der Waals surface area contributed by atoms with E-state index in [0.717, 1.165) is 21.8 Å². The van der Waals surface area contributed by atoms with E-state index in [1.807, 2.05) is 54.6 Å². The Hall–Kier alpha value is -3.34. The van der Waals surface area contributed by atoms with E-state index in [4.69, 9.17) is 14.2 Å². The molecule has 214 valence electrons. The molecule has 0 spiro atoms. The van der Waals surface area contributed by atoms with E-state index < -0.39 is 16.3 Å². The van der Waals surface area contributed by atoms with Crippen LogP contribution >= 0.6 is 11.8 Å². The second-order valence-corrected chi connectivity index (χ2v) is 12.6. The molecule has 0 saturated carbocycles. The highest BCUT2D eigenvalue weighted by atomic mass is 32.2. The van der Waals surface area contributed by atoms with Gasteiger partial charge in [-0.1, -0.05) is 73.7 Å². The molecule has 0 bridgehead atoms. The summed E-state index contributed by atoms with van der Waals surface area (Å²) in [7, 11) is -2.09. The van der Waals surface area contributed by atoms with E-state index in [2.05, 4.69) is 11.6 Å². The molecule has 0 unspecified atom stereocenters. The summed E-state index contributed by atoms with van der Waals surface area (Å²) in [5.41, 5.74) is 2.93. The van der Waals surface area contributed by atoms with Crippen LogP contribution in [-0.2, 0) is 26.1 Å². The maximum Gasteiger partial charge on any atom is 0.261 e. The first-order chi connectivity index (χ1) is 19.9. The number of aliphatic hydroxyl groups excluding tert-OH is 1. The number of hydrogen-bond acceptors (Lipinski definition) is 7. The fourth-order valence-corrected chi connectivity index (χ4v) is 7.05. The lowest BCUT2D eigenvalue weighted by Gasteiger charge is -2.41. The van der Waals surface area contributed by atoms with Gasteiger partial charge in [0.2, 0.25) is 0 Å². The number of aliphatic hydroxyl groups is 1. The Bertz CT molecular complexity index is 1550. The number of hydrogen-bond donors (Lipinski definition) is 2. The molecule has 1 aliphatic rings. The Kier molecular flexibility index (Phi) is 9.32. The molecule has 1 saturated heterocycles. The van der Waals surface area contributed by atoms with Crippen LogP contribution in [-0.4, -0.2) is 32.5 Å². The molecule has 2 N–H and O–H groups in total. The molecule has 4 atom stereocenters. The van der Waals surface area contributed by atoms with Crippen molar-refractivity contribution in [1.82, 2.24) is 0 Å². The molecule has 0 aliphatic carbocycles. The minimum atomic E-state index is -3.75. The largest absolute Gasteiger partial charge is 0.496 e. The van der Waals surface area contributed by atoms with Gasteiger partial charge < -0.3 is 19.3 Å². The average molecular weight is 592 g/mol. The SMILES string of the molecule is COc1ccccc1SC[C@H]1O[C@@H](c2cccc(NS(=O)(=O)c3ccccc3)c2)O[C@@H](c2ccc(CO)cc2)[C@H]1C. The molecule has 0 radical (unpaired) electrons. The van der Waals surface area contributed by atoms with Crippen molar-refractivity contribution >= 4 is 27.5 Å². The van der Waals surface area contributed by atoms with Crippen molar-refractivity contribution in [1.29, 1.82) is 0 Å². The summed E-state index contributed by atoms with van der Waals surface area (Å²) in [5.74, 6) is 1.48. The molecular formula is C32H33NO6S2. The van der Waals surface area contributed by atoms with Crippen LogP contribution in [0, 0.1) is 5.92 Å². The van der Waals surface area contributed by atoms with Gasteiger partial charge in [0.05, 0.1) is 30.8 Å². The molecule has 4 aromatic carbocycles. The lowest BCUT2D eigenvalue weighted by Crippen LogP contribution is -2.38. The number of anilines is 1. The first kappa shape index (κ1) is 29.2. The van der Waals surface area contributed by atoms with Crippen LogP contribution in [0.25, 0.3) is 0 Å². The van der Waals surface area contributed by atoms with Crippen molar-refractivity contribution in [2.75, 3.05) is 17.6 Å². The Morgan fingerprint density at radius 1 is 0.878 bits per heavy atom. The van der Waals surface area contributed by atoms with Crippen molar-refractivity contribution in [2.45, 2.75) is 41.8 Å². The van der Waals surface area contributed by atoms with Crippen molar-refractivity contribution in [3.05, 3.63) is 120 Å². The summed E-state index contributed by atoms with van der Waals surface area (Å²) in [4.78, 5) is 1.21. The summed E-state index contributed by atoms with van der Waals surface area (Å²) in [6.45, 7) is 2.08. The summed E-state index contributed by atoms with van der Waals surface area (Å²) in [5, 5.41) is 9.51. The second kappa shape index (κ2) is 13.1. The molecule has 5 rings (SSSR count). The number of rotatable bonds is 10. The molecule has 0 aromatic heterocycles. The van der Waals surface area contributed by atoms with E-state index in [-0.39, 0.29) is 29.6 Å². The van der Waals surface area contributed by atoms with E-state index >= 15 is 0 Å². The van der Waals surface area contributed by atoms with E-state index in [1.54, 1.807) is 67.4 Å². The number of methoxy groups -OCH3 is 1. The van der Waals surface area contributed by atoms with Gasteiger partial charge in [-0.25, -0.2) is 8.42 Å². The maximum atomic E-state index is 12.9. The third-order valence-corrected chi connectivity index (χ3v) is 9.60. The Morgan fingerprint density at radius 2 is 1.61 bits per heavy atom. The highest BCUT2D eigenvalue weighted by molar-refractivity contribution is 7.99. The van der Waals surface area contributed by atoms with E-state index in [0.29, 0.717) is 17.0 Å². The molecule has 1 aliphatic heterocycles. The topological polar surface area (TPSA) is 94.1 Å². The first-order valence-electron chi connectivity index (χ1n) is 13.3. The fraction of sp³-hybridized carbons (Fsp3) is 0.250. The van der Waals surface area contributed by atoms with Crippen molar-refractivity contribution in [3.8, 4) is 5.75 Å². The van der Waals surface area contributed by atoms with Crippen molar-refractivity contribution in [3.63, 3.8) is 0 Å². The van der Waals surface area contributed by atoms with Gasteiger partial charge in [-0.15, -0.1) is 11.8 Å². The normalized spacial score (nSPS) is 20.9. The maximum absolute atomic E-state index is 12.9. The smallest absolute Gasteiger partial charge is 0.261 e. The van der Waals surface area contributed by atoms with Gasteiger partial charge in [0.15, 0.2) is 6.29 Å². The number of benzene rings is 4. The van der Waals surface area contributed by atoms with E-state index in [1.165, 1.54) is 0 Å². The molecule has 1 heterocycles. The van der Waals surface area contributed by atoms with Gasteiger partial charge in [0.1, 0.15) is 5.75 Å². The third-order valence-electron chi connectivity index (χ3n) is 7.06. The summed E-state index contributed by atoms with van der Waals surface area (Å²) < 4.78 is 47.2. The zero-order valence-corrected chi connectivity index (χ0v) is 24.5. The molecule has 4 aromatic rings. The zero-order chi connectivity index (χ0) is 28.8. The Labute approximate surface area is 245 Å². The average Bonchev–Trinajstić information content (AvgIpc) is 3.01. The minimum absolute atomic E-state index is 0.00759. The van der Waals surface area contributed by atoms with Crippen molar-refractivity contribution < 1.29 is 27.7 Å². The van der Waals surface area contributed by atoms with Crippen LogP contribution in [0.1, 0.15) is 36.0 Å². The van der Waals surface area contributed by atoms with Crippen molar-refractivity contribution in [2.24, 2.45) is 5.92 Å². The predicted octanol–water partition coefficient (Wildman–Crippen LogP) is 6.57. The van der Waals surface area contributed by atoms with Crippen LogP contribution in [0.4, 0.5) is 5.69 Å². The number of thioether (sulfide) groups is 1. The van der Waals surface area contributed by atoms with Crippen LogP contribution < -0.4 is 9.46 Å². The monoisotopic (exact) mass is 591 g/mol. The van der Waals surface area contributed by atoms with Crippen LogP contribution in [0.2, 0.25) is 0 Å².